The van der Waals surface area contributed by atoms with Crippen LogP contribution in [-0.4, -0.2) is 4.98 Å². The van der Waals surface area contributed by atoms with Gasteiger partial charge in [0.05, 0.1) is 16.8 Å². The van der Waals surface area contributed by atoms with E-state index in [0.717, 1.165) is 24.1 Å². The summed E-state index contributed by atoms with van der Waals surface area (Å²) in [6.07, 6.45) is 3.91. The van der Waals surface area contributed by atoms with Crippen molar-refractivity contribution in [3.8, 4) is 0 Å². The summed E-state index contributed by atoms with van der Waals surface area (Å²) in [5.41, 5.74) is 9.32. The first-order valence-corrected chi connectivity index (χ1v) is 6.55. The normalized spacial score (nSPS) is 12.4. The van der Waals surface area contributed by atoms with E-state index in [4.69, 9.17) is 17.3 Å². The third-order valence-corrected chi connectivity index (χ3v) is 3.25. The van der Waals surface area contributed by atoms with Gasteiger partial charge in [0.15, 0.2) is 0 Å². The average molecular weight is 261 g/mol. The first kappa shape index (κ1) is 13.1. The van der Waals surface area contributed by atoms with Gasteiger partial charge in [0.2, 0.25) is 0 Å². The molecule has 0 saturated carbocycles. The Kier molecular flexibility index (Phi) is 4.34. The van der Waals surface area contributed by atoms with Crippen LogP contribution < -0.4 is 5.73 Å². The second-order valence-corrected chi connectivity index (χ2v) is 4.75. The molecule has 18 heavy (non-hydrogen) atoms. The summed E-state index contributed by atoms with van der Waals surface area (Å²) in [6.45, 7) is 2.17. The lowest BCUT2D eigenvalue weighted by molar-refractivity contribution is 0.822. The van der Waals surface area contributed by atoms with Gasteiger partial charge in [0, 0.05) is 6.20 Å². The third-order valence-electron chi connectivity index (χ3n) is 2.93. The molecule has 1 atom stereocenters. The Morgan fingerprint density at radius 3 is 2.83 bits per heavy atom. The molecule has 0 aliphatic rings. The lowest BCUT2D eigenvalue weighted by Crippen LogP contribution is -2.14. The molecule has 2 aromatic rings. The molecule has 2 rings (SSSR count). The molecular formula is C15H17ClN2. The second kappa shape index (κ2) is 5.98. The van der Waals surface area contributed by atoms with Crippen molar-refractivity contribution < 1.29 is 0 Å². The van der Waals surface area contributed by atoms with Crippen molar-refractivity contribution in [3.05, 3.63) is 64.4 Å². The van der Waals surface area contributed by atoms with Crippen LogP contribution in [0.15, 0.2) is 42.6 Å². The molecule has 1 aromatic carbocycles. The molecule has 1 heterocycles. The first-order valence-electron chi connectivity index (χ1n) is 6.17. The van der Waals surface area contributed by atoms with E-state index >= 15 is 0 Å². The van der Waals surface area contributed by atoms with Crippen LogP contribution in [0.2, 0.25) is 5.02 Å². The Balaban J connectivity index is 2.31. The molecule has 0 radical (unpaired) electrons. The lowest BCUT2D eigenvalue weighted by atomic mass is 10.00. The lowest BCUT2D eigenvalue weighted by Gasteiger charge is -2.14. The molecular weight excluding hydrogens is 244 g/mol. The van der Waals surface area contributed by atoms with Crippen LogP contribution in [0.3, 0.4) is 0 Å². The summed E-state index contributed by atoms with van der Waals surface area (Å²) in [4.78, 5) is 4.27. The Morgan fingerprint density at radius 2 is 2.11 bits per heavy atom. The molecule has 0 saturated heterocycles. The summed E-state index contributed by atoms with van der Waals surface area (Å²) in [5, 5.41) is 0.617. The summed E-state index contributed by atoms with van der Waals surface area (Å²) >= 11 is 6.13. The zero-order valence-electron chi connectivity index (χ0n) is 10.4. The van der Waals surface area contributed by atoms with Crippen LogP contribution in [0.4, 0.5) is 0 Å². The van der Waals surface area contributed by atoms with Crippen molar-refractivity contribution in [1.82, 2.24) is 4.98 Å². The zero-order valence-corrected chi connectivity index (χ0v) is 11.2. The molecule has 0 spiro atoms. The Labute approximate surface area is 113 Å². The number of nitrogens with two attached hydrogens (primary N) is 1. The number of aromatic nitrogens is 1. The van der Waals surface area contributed by atoms with E-state index in [0.29, 0.717) is 5.02 Å². The minimum absolute atomic E-state index is 0.268. The molecule has 2 nitrogen and oxygen atoms in total. The van der Waals surface area contributed by atoms with Crippen LogP contribution in [0.25, 0.3) is 0 Å². The van der Waals surface area contributed by atoms with Crippen molar-refractivity contribution in [2.24, 2.45) is 5.73 Å². The Morgan fingerprint density at radius 1 is 1.28 bits per heavy atom. The number of halogens is 1. The van der Waals surface area contributed by atoms with Crippen LogP contribution in [-0.2, 0) is 6.42 Å². The van der Waals surface area contributed by atoms with Crippen molar-refractivity contribution in [2.45, 2.75) is 25.8 Å². The van der Waals surface area contributed by atoms with Gasteiger partial charge in [0.25, 0.3) is 0 Å². The monoisotopic (exact) mass is 260 g/mol. The van der Waals surface area contributed by atoms with Crippen LogP contribution in [0.5, 0.6) is 0 Å². The van der Waals surface area contributed by atoms with Gasteiger partial charge in [-0.2, -0.15) is 0 Å². The van der Waals surface area contributed by atoms with E-state index in [1.54, 1.807) is 6.20 Å². The van der Waals surface area contributed by atoms with E-state index in [1.807, 2.05) is 24.3 Å². The van der Waals surface area contributed by atoms with Gasteiger partial charge in [-0.1, -0.05) is 49.2 Å². The molecule has 0 aliphatic carbocycles. The predicted octanol–water partition coefficient (Wildman–Crippen LogP) is 3.74. The maximum absolute atomic E-state index is 6.24. The van der Waals surface area contributed by atoms with Crippen molar-refractivity contribution in [3.63, 3.8) is 0 Å². The standard InChI is InChI=1S/C15H17ClN2/c1-2-5-11-6-3-7-12(10-11)14(17)15-13(16)8-4-9-18-15/h3-4,6-10,14H,2,5,17H2,1H3. The van der Waals surface area contributed by atoms with Crippen molar-refractivity contribution in [2.75, 3.05) is 0 Å². The van der Waals surface area contributed by atoms with E-state index in [1.165, 1.54) is 5.56 Å². The van der Waals surface area contributed by atoms with E-state index in [9.17, 15) is 0 Å². The molecule has 1 unspecified atom stereocenters. The number of hydrogen-bond donors (Lipinski definition) is 1. The summed E-state index contributed by atoms with van der Waals surface area (Å²) in [5.74, 6) is 0. The first-order chi connectivity index (χ1) is 8.72. The molecule has 0 fully saturated rings. The second-order valence-electron chi connectivity index (χ2n) is 4.34. The highest BCUT2D eigenvalue weighted by atomic mass is 35.5. The zero-order chi connectivity index (χ0) is 13.0. The Hall–Kier alpha value is -1.38. The molecule has 3 heteroatoms. The number of rotatable bonds is 4. The molecule has 1 aromatic heterocycles. The molecule has 94 valence electrons. The average Bonchev–Trinajstić information content (AvgIpc) is 2.39. The van der Waals surface area contributed by atoms with Gasteiger partial charge in [0.1, 0.15) is 0 Å². The van der Waals surface area contributed by atoms with Gasteiger partial charge in [-0.25, -0.2) is 0 Å². The summed E-state index contributed by atoms with van der Waals surface area (Å²) in [7, 11) is 0. The number of nitrogens with zero attached hydrogens (tertiary/aromatic N) is 1. The number of benzene rings is 1. The highest BCUT2D eigenvalue weighted by Crippen LogP contribution is 2.24. The summed E-state index contributed by atoms with van der Waals surface area (Å²) in [6, 6.07) is 11.7. The largest absolute Gasteiger partial charge is 0.319 e. The maximum Gasteiger partial charge on any atom is 0.0802 e. The van der Waals surface area contributed by atoms with Gasteiger partial charge in [-0.3, -0.25) is 4.98 Å². The number of aryl methyl sites for hydroxylation is 1. The summed E-state index contributed by atoms with van der Waals surface area (Å²) < 4.78 is 0. The van der Waals surface area contributed by atoms with Gasteiger partial charge in [-0.05, 0) is 29.7 Å². The smallest absolute Gasteiger partial charge is 0.0802 e. The highest BCUT2D eigenvalue weighted by molar-refractivity contribution is 6.31. The fourth-order valence-corrected chi connectivity index (χ4v) is 2.25. The Bertz CT molecular complexity index is 525. The SMILES string of the molecule is CCCc1cccc(C(N)c2ncccc2Cl)c1. The van der Waals surface area contributed by atoms with Gasteiger partial charge >= 0.3 is 0 Å². The molecule has 0 aliphatic heterocycles. The predicted molar refractivity (Wildman–Crippen MR) is 75.7 cm³/mol. The minimum atomic E-state index is -0.268. The van der Waals surface area contributed by atoms with Crippen LogP contribution in [0.1, 0.15) is 36.2 Å². The molecule has 0 bridgehead atoms. The fraction of sp³-hybridized carbons (Fsp3) is 0.267. The number of hydrogen-bond acceptors (Lipinski definition) is 2. The quantitative estimate of drug-likeness (QED) is 0.910. The maximum atomic E-state index is 6.24. The van der Waals surface area contributed by atoms with Crippen LogP contribution >= 0.6 is 11.6 Å². The van der Waals surface area contributed by atoms with Gasteiger partial charge < -0.3 is 5.73 Å². The van der Waals surface area contributed by atoms with E-state index < -0.39 is 0 Å². The van der Waals surface area contributed by atoms with E-state index in [2.05, 4.69) is 24.0 Å². The fourth-order valence-electron chi connectivity index (χ4n) is 2.02. The van der Waals surface area contributed by atoms with E-state index in [-0.39, 0.29) is 6.04 Å². The molecule has 0 amide bonds. The van der Waals surface area contributed by atoms with Crippen molar-refractivity contribution >= 4 is 11.6 Å². The third kappa shape index (κ3) is 2.89. The van der Waals surface area contributed by atoms with Crippen molar-refractivity contribution in [1.29, 1.82) is 0 Å². The van der Waals surface area contributed by atoms with Crippen LogP contribution in [0, 0.1) is 0 Å². The van der Waals surface area contributed by atoms with Gasteiger partial charge in [-0.15, -0.1) is 0 Å². The molecule has 2 N–H and O–H groups in total. The minimum Gasteiger partial charge on any atom is -0.319 e. The number of pyridine rings is 1. The highest BCUT2D eigenvalue weighted by Gasteiger charge is 2.13. The topological polar surface area (TPSA) is 38.9 Å².